The first kappa shape index (κ1) is 23.0. The molecule has 3 amide bonds. The monoisotopic (exact) mass is 467 g/mol. The summed E-state index contributed by atoms with van der Waals surface area (Å²) in [5, 5.41) is 7.85. The molecule has 0 aliphatic carbocycles. The van der Waals surface area contributed by atoms with Gasteiger partial charge in [0.1, 0.15) is 0 Å². The van der Waals surface area contributed by atoms with E-state index in [9.17, 15) is 14.4 Å². The molecule has 1 aromatic carbocycles. The first-order chi connectivity index (χ1) is 16.1. The molecule has 0 bridgehead atoms. The Kier molecular flexibility index (Phi) is 7.72. The van der Waals surface area contributed by atoms with Gasteiger partial charge < -0.3 is 15.5 Å². The average Bonchev–Trinajstić information content (AvgIpc) is 3.40. The van der Waals surface area contributed by atoms with Crippen LogP contribution in [0.25, 0.3) is 4.96 Å². The van der Waals surface area contributed by atoms with E-state index in [0.29, 0.717) is 38.2 Å². The number of carbonyl (C=O) groups excluding carboxylic acids is 3. The lowest BCUT2D eigenvalue weighted by Crippen LogP contribution is -2.43. The van der Waals surface area contributed by atoms with Crippen LogP contribution in [0.1, 0.15) is 42.9 Å². The van der Waals surface area contributed by atoms with Crippen molar-refractivity contribution in [2.45, 2.75) is 38.0 Å². The fraction of sp³-hybridized carbons (Fsp3) is 0.417. The molecule has 1 saturated heterocycles. The van der Waals surface area contributed by atoms with Gasteiger partial charge in [-0.2, -0.15) is 0 Å². The summed E-state index contributed by atoms with van der Waals surface area (Å²) < 4.78 is 1.89. The largest absolute Gasteiger partial charge is 0.356 e. The second-order valence-electron chi connectivity index (χ2n) is 8.31. The molecule has 1 atom stereocenters. The lowest BCUT2D eigenvalue weighted by atomic mass is 9.91. The number of nitrogens with zero attached hydrogens (tertiary/aromatic N) is 3. The first-order valence-corrected chi connectivity index (χ1v) is 12.2. The molecule has 1 unspecified atom stereocenters. The predicted molar refractivity (Wildman–Crippen MR) is 127 cm³/mol. The summed E-state index contributed by atoms with van der Waals surface area (Å²) in [6.45, 7) is 1.38. The summed E-state index contributed by atoms with van der Waals surface area (Å²) in [4.78, 5) is 44.8. The third-order valence-corrected chi connectivity index (χ3v) is 6.67. The Hall–Kier alpha value is -3.20. The van der Waals surface area contributed by atoms with Gasteiger partial charge in [-0.1, -0.05) is 30.3 Å². The van der Waals surface area contributed by atoms with Gasteiger partial charge in [-0.25, -0.2) is 4.98 Å². The van der Waals surface area contributed by atoms with Crippen molar-refractivity contribution < 1.29 is 14.4 Å². The molecule has 1 aliphatic heterocycles. The van der Waals surface area contributed by atoms with Crippen LogP contribution in [-0.4, -0.2) is 58.2 Å². The summed E-state index contributed by atoms with van der Waals surface area (Å²) in [6, 6.07) is 10.1. The summed E-state index contributed by atoms with van der Waals surface area (Å²) in [7, 11) is 0. The second kappa shape index (κ2) is 11.1. The van der Waals surface area contributed by atoms with Crippen LogP contribution in [0.3, 0.4) is 0 Å². The Labute approximate surface area is 197 Å². The summed E-state index contributed by atoms with van der Waals surface area (Å²) in [6.07, 6.45) is 6.39. The number of hydrogen-bond donors (Lipinski definition) is 2. The molecule has 1 aliphatic rings. The van der Waals surface area contributed by atoms with Crippen molar-refractivity contribution >= 4 is 34.0 Å². The van der Waals surface area contributed by atoms with E-state index >= 15 is 0 Å². The number of rotatable bonds is 3. The van der Waals surface area contributed by atoms with Crippen LogP contribution in [0, 0.1) is 0 Å². The maximum atomic E-state index is 13.0. The minimum Gasteiger partial charge on any atom is -0.356 e. The van der Waals surface area contributed by atoms with Crippen molar-refractivity contribution in [2.24, 2.45) is 0 Å². The Morgan fingerprint density at radius 3 is 2.73 bits per heavy atom. The van der Waals surface area contributed by atoms with Gasteiger partial charge in [0.2, 0.25) is 17.7 Å². The maximum absolute atomic E-state index is 13.0. The molecule has 9 heteroatoms. The number of amides is 3. The summed E-state index contributed by atoms with van der Waals surface area (Å²) in [5.41, 5.74) is 1.86. The fourth-order valence-corrected chi connectivity index (χ4v) is 4.85. The fourth-order valence-electron chi connectivity index (χ4n) is 4.13. The van der Waals surface area contributed by atoms with Crippen LogP contribution >= 0.6 is 11.3 Å². The third kappa shape index (κ3) is 6.41. The molecule has 174 valence electrons. The quantitative estimate of drug-likeness (QED) is 0.618. The van der Waals surface area contributed by atoms with Crippen LogP contribution in [0.2, 0.25) is 0 Å². The molecule has 4 rings (SSSR count). The van der Waals surface area contributed by atoms with E-state index in [-0.39, 0.29) is 36.6 Å². The molecule has 2 N–H and O–H groups in total. The van der Waals surface area contributed by atoms with Crippen molar-refractivity contribution in [3.63, 3.8) is 0 Å². The normalized spacial score (nSPS) is 19.0. The van der Waals surface area contributed by atoms with Gasteiger partial charge in [0, 0.05) is 43.8 Å². The lowest BCUT2D eigenvalue weighted by molar-refractivity contribution is -0.135. The van der Waals surface area contributed by atoms with Crippen molar-refractivity contribution in [2.75, 3.05) is 26.2 Å². The van der Waals surface area contributed by atoms with Crippen LogP contribution < -0.4 is 10.6 Å². The average molecular weight is 468 g/mol. The number of aromatic nitrogens is 2. The number of benzene rings is 1. The lowest BCUT2D eigenvalue weighted by Gasteiger charge is -2.23. The molecule has 0 radical (unpaired) electrons. The van der Waals surface area contributed by atoms with Crippen molar-refractivity contribution in [3.05, 3.63) is 59.4 Å². The Morgan fingerprint density at radius 1 is 1.09 bits per heavy atom. The maximum Gasteiger partial charge on any atom is 0.239 e. The van der Waals surface area contributed by atoms with E-state index in [1.807, 2.05) is 40.4 Å². The summed E-state index contributed by atoms with van der Waals surface area (Å²) >= 11 is 1.51. The third-order valence-electron chi connectivity index (χ3n) is 5.90. The highest BCUT2D eigenvalue weighted by Crippen LogP contribution is 2.24. The highest BCUT2D eigenvalue weighted by atomic mass is 32.1. The van der Waals surface area contributed by atoms with Gasteiger partial charge in [0.05, 0.1) is 18.7 Å². The highest BCUT2D eigenvalue weighted by Gasteiger charge is 2.20. The highest BCUT2D eigenvalue weighted by molar-refractivity contribution is 7.15. The minimum atomic E-state index is -0.165. The van der Waals surface area contributed by atoms with Gasteiger partial charge in [0.25, 0.3) is 0 Å². The van der Waals surface area contributed by atoms with E-state index in [0.717, 1.165) is 17.8 Å². The number of fused-ring (bicyclic) bond motifs is 1. The van der Waals surface area contributed by atoms with Crippen LogP contribution in [0.4, 0.5) is 0 Å². The van der Waals surface area contributed by atoms with Gasteiger partial charge in [-0.05, 0) is 30.7 Å². The van der Waals surface area contributed by atoms with Crippen LogP contribution in [-0.2, 0) is 20.8 Å². The molecular formula is C24H29N5O3S. The number of hydrogen-bond acceptors (Lipinski definition) is 5. The topological polar surface area (TPSA) is 95.8 Å². The predicted octanol–water partition coefficient (Wildman–Crippen LogP) is 2.36. The zero-order chi connectivity index (χ0) is 23.0. The van der Waals surface area contributed by atoms with Crippen molar-refractivity contribution in [1.82, 2.24) is 24.9 Å². The number of thiazole rings is 1. The molecule has 0 saturated carbocycles. The Morgan fingerprint density at radius 2 is 1.91 bits per heavy atom. The van der Waals surface area contributed by atoms with Crippen LogP contribution in [0.5, 0.6) is 0 Å². The Bertz CT molecular complexity index is 1070. The van der Waals surface area contributed by atoms with E-state index in [1.165, 1.54) is 16.9 Å². The van der Waals surface area contributed by atoms with E-state index in [1.54, 1.807) is 4.90 Å². The smallest absolute Gasteiger partial charge is 0.239 e. The number of carbonyl (C=O) groups is 3. The molecule has 8 nitrogen and oxygen atoms in total. The number of nitrogens with one attached hydrogen (secondary N) is 2. The Balaban J connectivity index is 1.40. The molecule has 3 heterocycles. The first-order valence-electron chi connectivity index (χ1n) is 11.4. The zero-order valence-corrected chi connectivity index (χ0v) is 19.4. The summed E-state index contributed by atoms with van der Waals surface area (Å²) in [5.74, 6) is -0.0979. The minimum absolute atomic E-state index is 0.00496. The molecule has 0 spiro atoms. The van der Waals surface area contributed by atoms with E-state index in [2.05, 4.69) is 27.8 Å². The molecule has 1 fully saturated rings. The number of imidazole rings is 1. The van der Waals surface area contributed by atoms with Gasteiger partial charge in [-0.3, -0.25) is 18.8 Å². The van der Waals surface area contributed by atoms with Gasteiger partial charge in [0.15, 0.2) is 4.96 Å². The van der Waals surface area contributed by atoms with E-state index < -0.39 is 0 Å². The van der Waals surface area contributed by atoms with Gasteiger partial charge >= 0.3 is 0 Å². The zero-order valence-electron chi connectivity index (χ0n) is 18.5. The molecule has 33 heavy (non-hydrogen) atoms. The molecule has 3 aromatic rings. The van der Waals surface area contributed by atoms with E-state index in [4.69, 9.17) is 0 Å². The standard InChI is InChI=1S/C24H29N5O3S/c30-21-8-7-19(18-5-2-1-3-6-18)9-11-26-22(31)17-28(12-4-10-25-21)23(32)15-20-16-29-13-14-33-24(29)27-20/h1-3,5-6,13-14,16,19H,4,7-12,15,17H2,(H,25,30)(H,26,31). The van der Waals surface area contributed by atoms with Crippen molar-refractivity contribution in [3.8, 4) is 0 Å². The molecule has 2 aromatic heterocycles. The van der Waals surface area contributed by atoms with Crippen LogP contribution in [0.15, 0.2) is 48.1 Å². The second-order valence-corrected chi connectivity index (χ2v) is 9.18. The van der Waals surface area contributed by atoms with Gasteiger partial charge in [-0.15, -0.1) is 11.3 Å². The SMILES string of the molecule is O=C1CCC(c2ccccc2)CCNC(=O)CN(C(=O)Cc2cn3ccsc3n2)CCCN1. The van der Waals surface area contributed by atoms with Crippen molar-refractivity contribution in [1.29, 1.82) is 0 Å². The molecular weight excluding hydrogens is 438 g/mol.